The lowest BCUT2D eigenvalue weighted by Crippen LogP contribution is -2.09. The van der Waals surface area contributed by atoms with Gasteiger partial charge in [0.2, 0.25) is 0 Å². The maximum absolute atomic E-state index is 5.98. The SMILES string of the molecule is COc1ccccc1OCCOc1ccccc1Cl. The van der Waals surface area contributed by atoms with Crippen molar-refractivity contribution in [3.8, 4) is 17.2 Å². The summed E-state index contributed by atoms with van der Waals surface area (Å²) in [5.41, 5.74) is 0. The van der Waals surface area contributed by atoms with E-state index >= 15 is 0 Å². The molecule has 0 heterocycles. The Morgan fingerprint density at radius 1 is 0.789 bits per heavy atom. The number of hydrogen-bond acceptors (Lipinski definition) is 3. The number of benzene rings is 2. The minimum atomic E-state index is 0.418. The minimum Gasteiger partial charge on any atom is -0.493 e. The summed E-state index contributed by atoms with van der Waals surface area (Å²) in [6.45, 7) is 0.841. The Balaban J connectivity index is 1.83. The summed E-state index contributed by atoms with van der Waals surface area (Å²) < 4.78 is 16.3. The summed E-state index contributed by atoms with van der Waals surface area (Å²) in [7, 11) is 1.61. The van der Waals surface area contributed by atoms with Gasteiger partial charge in [0.1, 0.15) is 19.0 Å². The number of rotatable bonds is 6. The molecule has 4 heteroatoms. The first-order valence-corrected chi connectivity index (χ1v) is 6.32. The van der Waals surface area contributed by atoms with Crippen LogP contribution in [0.15, 0.2) is 48.5 Å². The molecule has 0 saturated carbocycles. The predicted molar refractivity (Wildman–Crippen MR) is 75.4 cm³/mol. The third-order valence-corrected chi connectivity index (χ3v) is 2.82. The first-order chi connectivity index (χ1) is 9.31. The van der Waals surface area contributed by atoms with Crippen molar-refractivity contribution in [1.29, 1.82) is 0 Å². The highest BCUT2D eigenvalue weighted by molar-refractivity contribution is 6.32. The number of ether oxygens (including phenoxy) is 3. The van der Waals surface area contributed by atoms with Crippen LogP contribution in [0.2, 0.25) is 5.02 Å². The molecular weight excluding hydrogens is 264 g/mol. The molecule has 0 atom stereocenters. The van der Waals surface area contributed by atoms with Gasteiger partial charge in [-0.15, -0.1) is 0 Å². The molecule has 19 heavy (non-hydrogen) atoms. The molecule has 0 saturated heterocycles. The second kappa shape index (κ2) is 6.90. The van der Waals surface area contributed by atoms with Crippen molar-refractivity contribution in [2.75, 3.05) is 20.3 Å². The number of hydrogen-bond donors (Lipinski definition) is 0. The molecular formula is C15H15ClO3. The van der Waals surface area contributed by atoms with Gasteiger partial charge in [0.15, 0.2) is 11.5 Å². The molecule has 0 amide bonds. The van der Waals surface area contributed by atoms with Crippen molar-refractivity contribution in [3.63, 3.8) is 0 Å². The second-order valence-corrected chi connectivity index (χ2v) is 4.19. The van der Waals surface area contributed by atoms with Crippen LogP contribution in [0.3, 0.4) is 0 Å². The van der Waals surface area contributed by atoms with E-state index in [1.807, 2.05) is 42.5 Å². The van der Waals surface area contributed by atoms with Gasteiger partial charge < -0.3 is 14.2 Å². The Hall–Kier alpha value is -1.87. The van der Waals surface area contributed by atoms with E-state index in [4.69, 9.17) is 25.8 Å². The zero-order valence-electron chi connectivity index (χ0n) is 10.6. The van der Waals surface area contributed by atoms with Crippen molar-refractivity contribution < 1.29 is 14.2 Å². The van der Waals surface area contributed by atoms with Crippen LogP contribution in [0, 0.1) is 0 Å². The molecule has 2 rings (SSSR count). The van der Waals surface area contributed by atoms with Gasteiger partial charge in [-0.05, 0) is 24.3 Å². The van der Waals surface area contributed by atoms with E-state index < -0.39 is 0 Å². The fraction of sp³-hybridized carbons (Fsp3) is 0.200. The number of halogens is 1. The topological polar surface area (TPSA) is 27.7 Å². The van der Waals surface area contributed by atoms with E-state index in [2.05, 4.69) is 0 Å². The number of para-hydroxylation sites is 3. The quantitative estimate of drug-likeness (QED) is 0.752. The third-order valence-electron chi connectivity index (χ3n) is 2.50. The van der Waals surface area contributed by atoms with E-state index in [0.29, 0.717) is 35.5 Å². The molecule has 3 nitrogen and oxygen atoms in total. The third kappa shape index (κ3) is 3.80. The highest BCUT2D eigenvalue weighted by Gasteiger charge is 2.03. The first-order valence-electron chi connectivity index (χ1n) is 5.94. The van der Waals surface area contributed by atoms with E-state index in [0.717, 1.165) is 0 Å². The van der Waals surface area contributed by atoms with Crippen LogP contribution in [-0.2, 0) is 0 Å². The average molecular weight is 279 g/mol. The molecule has 0 spiro atoms. The molecule has 0 aliphatic heterocycles. The summed E-state index contributed by atoms with van der Waals surface area (Å²) in [5.74, 6) is 2.07. The van der Waals surface area contributed by atoms with Gasteiger partial charge in [0, 0.05) is 0 Å². The summed E-state index contributed by atoms with van der Waals surface area (Å²) >= 11 is 5.98. The maximum atomic E-state index is 5.98. The Labute approximate surface area is 117 Å². The molecule has 0 N–H and O–H groups in total. The van der Waals surface area contributed by atoms with E-state index in [9.17, 15) is 0 Å². The molecule has 0 bridgehead atoms. The van der Waals surface area contributed by atoms with Crippen LogP contribution in [0.5, 0.6) is 17.2 Å². The van der Waals surface area contributed by atoms with Gasteiger partial charge >= 0.3 is 0 Å². The zero-order valence-corrected chi connectivity index (χ0v) is 11.4. The van der Waals surface area contributed by atoms with Crippen LogP contribution in [0.25, 0.3) is 0 Å². The van der Waals surface area contributed by atoms with Gasteiger partial charge in [0.05, 0.1) is 12.1 Å². The monoisotopic (exact) mass is 278 g/mol. The highest BCUT2D eigenvalue weighted by Crippen LogP contribution is 2.26. The molecule has 100 valence electrons. The fourth-order valence-electron chi connectivity index (χ4n) is 1.60. The standard InChI is InChI=1S/C15H15ClO3/c1-17-14-8-4-5-9-15(14)19-11-10-18-13-7-3-2-6-12(13)16/h2-9H,10-11H2,1H3. The normalized spacial score (nSPS) is 10.0. The van der Waals surface area contributed by atoms with Gasteiger partial charge in [-0.25, -0.2) is 0 Å². The summed E-state index contributed by atoms with van der Waals surface area (Å²) in [5, 5.41) is 0.597. The fourth-order valence-corrected chi connectivity index (χ4v) is 1.79. The summed E-state index contributed by atoms with van der Waals surface area (Å²) in [4.78, 5) is 0. The van der Waals surface area contributed by atoms with Crippen LogP contribution < -0.4 is 14.2 Å². The molecule has 0 radical (unpaired) electrons. The van der Waals surface area contributed by atoms with Crippen LogP contribution >= 0.6 is 11.6 Å². The number of methoxy groups -OCH3 is 1. The van der Waals surface area contributed by atoms with Crippen molar-refractivity contribution >= 4 is 11.6 Å². The smallest absolute Gasteiger partial charge is 0.161 e. The molecule has 2 aromatic carbocycles. The van der Waals surface area contributed by atoms with Crippen molar-refractivity contribution in [3.05, 3.63) is 53.6 Å². The van der Waals surface area contributed by atoms with Crippen molar-refractivity contribution in [2.24, 2.45) is 0 Å². The van der Waals surface area contributed by atoms with Gasteiger partial charge in [-0.3, -0.25) is 0 Å². The maximum Gasteiger partial charge on any atom is 0.161 e. The highest BCUT2D eigenvalue weighted by atomic mass is 35.5. The van der Waals surface area contributed by atoms with Crippen molar-refractivity contribution in [1.82, 2.24) is 0 Å². The largest absolute Gasteiger partial charge is 0.493 e. The van der Waals surface area contributed by atoms with Crippen LogP contribution in [-0.4, -0.2) is 20.3 Å². The van der Waals surface area contributed by atoms with Gasteiger partial charge in [-0.1, -0.05) is 35.9 Å². The molecule has 0 aromatic heterocycles. The lowest BCUT2D eigenvalue weighted by Gasteiger charge is -2.11. The predicted octanol–water partition coefficient (Wildman–Crippen LogP) is 3.81. The molecule has 0 aliphatic rings. The van der Waals surface area contributed by atoms with E-state index in [1.165, 1.54) is 0 Å². The first kappa shape index (κ1) is 13.6. The average Bonchev–Trinajstić information content (AvgIpc) is 2.45. The molecule has 0 unspecified atom stereocenters. The Kier molecular flexibility index (Phi) is 4.93. The minimum absolute atomic E-state index is 0.418. The van der Waals surface area contributed by atoms with E-state index in [1.54, 1.807) is 13.2 Å². The lowest BCUT2D eigenvalue weighted by atomic mass is 10.3. The van der Waals surface area contributed by atoms with Crippen LogP contribution in [0.1, 0.15) is 0 Å². The van der Waals surface area contributed by atoms with Crippen molar-refractivity contribution in [2.45, 2.75) is 0 Å². The Morgan fingerprint density at radius 2 is 1.32 bits per heavy atom. The summed E-state index contributed by atoms with van der Waals surface area (Å²) in [6, 6.07) is 14.9. The molecule has 0 fully saturated rings. The van der Waals surface area contributed by atoms with E-state index in [-0.39, 0.29) is 0 Å². The molecule has 0 aliphatic carbocycles. The Morgan fingerprint density at radius 3 is 1.95 bits per heavy atom. The van der Waals surface area contributed by atoms with Crippen LogP contribution in [0.4, 0.5) is 0 Å². The summed E-state index contributed by atoms with van der Waals surface area (Å²) in [6.07, 6.45) is 0. The zero-order chi connectivity index (χ0) is 13.5. The molecule has 2 aromatic rings. The lowest BCUT2D eigenvalue weighted by molar-refractivity contribution is 0.211. The Bertz CT molecular complexity index is 528. The van der Waals surface area contributed by atoms with Gasteiger partial charge in [0.25, 0.3) is 0 Å². The second-order valence-electron chi connectivity index (χ2n) is 3.78. The van der Waals surface area contributed by atoms with Gasteiger partial charge in [-0.2, -0.15) is 0 Å².